The van der Waals surface area contributed by atoms with Crippen molar-refractivity contribution in [3.05, 3.63) is 80.5 Å². The average molecular weight is 322 g/mol. The number of hydrogen-bond acceptors (Lipinski definition) is 5. The van der Waals surface area contributed by atoms with Gasteiger partial charge in [0.1, 0.15) is 0 Å². The van der Waals surface area contributed by atoms with Gasteiger partial charge in [-0.1, -0.05) is 23.8 Å². The van der Waals surface area contributed by atoms with E-state index in [1.165, 1.54) is 24.3 Å². The van der Waals surface area contributed by atoms with E-state index < -0.39 is 10.9 Å². The summed E-state index contributed by atoms with van der Waals surface area (Å²) in [5.74, 6) is -0.393. The summed E-state index contributed by atoms with van der Waals surface area (Å²) in [4.78, 5) is 26.4. The molecule has 0 atom stereocenters. The van der Waals surface area contributed by atoms with Gasteiger partial charge in [0.05, 0.1) is 4.92 Å². The summed E-state index contributed by atoms with van der Waals surface area (Å²) in [5.41, 5.74) is 3.69. The molecule has 0 saturated carbocycles. The maximum atomic E-state index is 12.0. The van der Waals surface area contributed by atoms with Crippen molar-refractivity contribution in [2.24, 2.45) is 4.99 Å². The number of non-ortho nitro benzene ring substituents is 1. The predicted octanol–water partition coefficient (Wildman–Crippen LogP) is 3.56. The van der Waals surface area contributed by atoms with E-state index >= 15 is 0 Å². The Hall–Kier alpha value is -3.28. The number of carbonyl (C=O) groups is 1. The van der Waals surface area contributed by atoms with Crippen molar-refractivity contribution in [1.29, 1.82) is 0 Å². The molecule has 0 bridgehead atoms. The van der Waals surface area contributed by atoms with Crippen molar-refractivity contribution in [3.8, 4) is 0 Å². The zero-order chi connectivity index (χ0) is 17.3. The lowest BCUT2D eigenvalue weighted by Gasteiger charge is -2.01. The van der Waals surface area contributed by atoms with Gasteiger partial charge in [-0.2, -0.15) is 0 Å². The van der Waals surface area contributed by atoms with E-state index in [0.29, 0.717) is 5.56 Å². The van der Waals surface area contributed by atoms with Crippen LogP contribution in [-0.4, -0.2) is 16.8 Å². The number of nitro benzene ring substituents is 1. The molecule has 2 aromatic rings. The van der Waals surface area contributed by atoms with Gasteiger partial charge in [-0.05, 0) is 43.2 Å². The van der Waals surface area contributed by atoms with Gasteiger partial charge < -0.3 is 4.74 Å². The first-order chi connectivity index (χ1) is 11.4. The highest BCUT2D eigenvalue weighted by Gasteiger charge is 2.24. The number of benzene rings is 2. The molecule has 0 amide bonds. The first-order valence-electron chi connectivity index (χ1n) is 7.29. The smallest absolute Gasteiger partial charge is 0.363 e. The Morgan fingerprint density at radius 1 is 1.12 bits per heavy atom. The number of ether oxygens (including phenoxy) is 1. The maximum absolute atomic E-state index is 12.0. The van der Waals surface area contributed by atoms with Crippen molar-refractivity contribution in [3.63, 3.8) is 0 Å². The van der Waals surface area contributed by atoms with Crippen LogP contribution >= 0.6 is 0 Å². The third kappa shape index (κ3) is 3.08. The van der Waals surface area contributed by atoms with Gasteiger partial charge in [-0.15, -0.1) is 0 Å². The van der Waals surface area contributed by atoms with Gasteiger partial charge in [0.15, 0.2) is 5.70 Å². The molecule has 2 aromatic carbocycles. The summed E-state index contributed by atoms with van der Waals surface area (Å²) in [7, 11) is 0. The number of carbonyl (C=O) groups excluding carboxylic acids is 1. The molecule has 0 unspecified atom stereocenters. The minimum Gasteiger partial charge on any atom is -0.402 e. The molecule has 0 saturated heterocycles. The molecule has 0 aromatic heterocycles. The van der Waals surface area contributed by atoms with Crippen molar-refractivity contribution in [2.75, 3.05) is 0 Å². The predicted molar refractivity (Wildman–Crippen MR) is 89.6 cm³/mol. The minimum atomic E-state index is -0.538. The van der Waals surface area contributed by atoms with Gasteiger partial charge >= 0.3 is 5.97 Å². The highest BCUT2D eigenvalue weighted by molar-refractivity contribution is 6.12. The van der Waals surface area contributed by atoms with Crippen LogP contribution in [0.5, 0.6) is 0 Å². The lowest BCUT2D eigenvalue weighted by Crippen LogP contribution is -2.05. The quantitative estimate of drug-likeness (QED) is 0.374. The Labute approximate surface area is 138 Å². The third-order valence-corrected chi connectivity index (χ3v) is 3.67. The molecule has 3 rings (SSSR count). The molecule has 0 fully saturated rings. The molecule has 6 nitrogen and oxygen atoms in total. The van der Waals surface area contributed by atoms with Crippen LogP contribution in [0.15, 0.2) is 53.2 Å². The molecule has 1 aliphatic rings. The molecule has 6 heteroatoms. The molecule has 1 heterocycles. The molecular weight excluding hydrogens is 308 g/mol. The van der Waals surface area contributed by atoms with Crippen LogP contribution in [0, 0.1) is 24.0 Å². The second-order valence-electron chi connectivity index (χ2n) is 5.50. The Bertz CT molecular complexity index is 896. The number of aryl methyl sites for hydroxylation is 2. The fraction of sp³-hybridized carbons (Fsp3) is 0.111. The molecule has 0 spiro atoms. The molecule has 0 aliphatic carbocycles. The summed E-state index contributed by atoms with van der Waals surface area (Å²) in [5, 5.41) is 10.7. The third-order valence-electron chi connectivity index (χ3n) is 3.67. The number of aliphatic imine (C=N–C) groups is 1. The topological polar surface area (TPSA) is 81.8 Å². The lowest BCUT2D eigenvalue weighted by molar-refractivity contribution is -0.384. The van der Waals surface area contributed by atoms with E-state index in [2.05, 4.69) is 4.99 Å². The fourth-order valence-electron chi connectivity index (χ4n) is 2.32. The first-order valence-corrected chi connectivity index (χ1v) is 7.29. The summed E-state index contributed by atoms with van der Waals surface area (Å²) >= 11 is 0. The molecule has 0 N–H and O–H groups in total. The molecule has 120 valence electrons. The highest BCUT2D eigenvalue weighted by Crippen LogP contribution is 2.22. The standard InChI is InChI=1S/C18H14N2O4/c1-11-3-4-12(2)14(9-11)10-16-18(21)24-17(19-16)13-5-7-15(8-6-13)20(22)23/h3-10H,1-2H3. The molecular formula is C18H14N2O4. The van der Waals surface area contributed by atoms with Crippen LogP contribution in [-0.2, 0) is 9.53 Å². The van der Waals surface area contributed by atoms with Crippen molar-refractivity contribution >= 4 is 23.6 Å². The summed E-state index contributed by atoms with van der Waals surface area (Å²) in [6.07, 6.45) is 1.68. The number of esters is 1. The second kappa shape index (κ2) is 6.08. The van der Waals surface area contributed by atoms with Gasteiger partial charge in [-0.3, -0.25) is 10.1 Å². The number of nitro groups is 1. The minimum absolute atomic E-state index is 0.0326. The number of nitrogens with zero attached hydrogens (tertiary/aromatic N) is 2. The lowest BCUT2D eigenvalue weighted by atomic mass is 10.0. The number of cyclic esters (lactones) is 1. The largest absolute Gasteiger partial charge is 0.402 e. The normalized spacial score (nSPS) is 15.3. The van der Waals surface area contributed by atoms with Crippen LogP contribution in [0.1, 0.15) is 22.3 Å². The summed E-state index contributed by atoms with van der Waals surface area (Å²) < 4.78 is 5.18. The monoisotopic (exact) mass is 322 g/mol. The number of hydrogen-bond donors (Lipinski definition) is 0. The summed E-state index contributed by atoms with van der Waals surface area (Å²) in [6, 6.07) is 11.6. The highest BCUT2D eigenvalue weighted by atomic mass is 16.6. The molecule has 0 radical (unpaired) electrons. The van der Waals surface area contributed by atoms with Crippen LogP contribution in [0.3, 0.4) is 0 Å². The van der Waals surface area contributed by atoms with Crippen LogP contribution < -0.4 is 0 Å². The fourth-order valence-corrected chi connectivity index (χ4v) is 2.32. The van der Waals surface area contributed by atoms with Gasteiger partial charge in [-0.25, -0.2) is 9.79 Å². The van der Waals surface area contributed by atoms with Gasteiger partial charge in [0.2, 0.25) is 5.90 Å². The van der Waals surface area contributed by atoms with Crippen LogP contribution in [0.25, 0.3) is 6.08 Å². The van der Waals surface area contributed by atoms with Crippen LogP contribution in [0.4, 0.5) is 5.69 Å². The van der Waals surface area contributed by atoms with Crippen molar-refractivity contribution < 1.29 is 14.5 Å². The Balaban J connectivity index is 1.94. The van der Waals surface area contributed by atoms with E-state index in [4.69, 9.17) is 4.74 Å². The zero-order valence-corrected chi connectivity index (χ0v) is 13.1. The van der Waals surface area contributed by atoms with Crippen molar-refractivity contribution in [2.45, 2.75) is 13.8 Å². The van der Waals surface area contributed by atoms with Crippen LogP contribution in [0.2, 0.25) is 0 Å². The molecule has 24 heavy (non-hydrogen) atoms. The first kappa shape index (κ1) is 15.6. The van der Waals surface area contributed by atoms with E-state index in [9.17, 15) is 14.9 Å². The second-order valence-corrected chi connectivity index (χ2v) is 5.50. The van der Waals surface area contributed by atoms with E-state index in [0.717, 1.165) is 16.7 Å². The van der Waals surface area contributed by atoms with E-state index in [1.807, 2.05) is 32.0 Å². The van der Waals surface area contributed by atoms with Gasteiger partial charge in [0, 0.05) is 17.7 Å². The van der Waals surface area contributed by atoms with Gasteiger partial charge in [0.25, 0.3) is 5.69 Å². The summed E-state index contributed by atoms with van der Waals surface area (Å²) in [6.45, 7) is 3.92. The average Bonchev–Trinajstić information content (AvgIpc) is 2.92. The van der Waals surface area contributed by atoms with E-state index in [1.54, 1.807) is 6.08 Å². The Morgan fingerprint density at radius 3 is 2.50 bits per heavy atom. The Kier molecular flexibility index (Phi) is 3.95. The number of rotatable bonds is 3. The Morgan fingerprint density at radius 2 is 1.83 bits per heavy atom. The SMILES string of the molecule is Cc1ccc(C)c(C=C2N=C(c3ccc([N+](=O)[O-])cc3)OC2=O)c1. The molecule has 1 aliphatic heterocycles. The zero-order valence-electron chi connectivity index (χ0n) is 13.1. The van der Waals surface area contributed by atoms with E-state index in [-0.39, 0.29) is 17.3 Å². The van der Waals surface area contributed by atoms with Crippen molar-refractivity contribution in [1.82, 2.24) is 0 Å². The maximum Gasteiger partial charge on any atom is 0.363 e.